The number of hydrogen-bond acceptors (Lipinski definition) is 9. The molecular formula is C23H26N4O8. The first-order valence-corrected chi connectivity index (χ1v) is 10.5. The van der Waals surface area contributed by atoms with Crippen LogP contribution >= 0.6 is 0 Å². The number of nitrogens with zero attached hydrogens (tertiary/aromatic N) is 1. The van der Waals surface area contributed by atoms with Gasteiger partial charge in [-0.3, -0.25) is 19.7 Å². The van der Waals surface area contributed by atoms with Gasteiger partial charge in [0.05, 0.1) is 14.2 Å². The van der Waals surface area contributed by atoms with Crippen molar-refractivity contribution >= 4 is 35.1 Å². The van der Waals surface area contributed by atoms with E-state index in [9.17, 15) is 19.2 Å². The van der Waals surface area contributed by atoms with Crippen LogP contribution in [0.15, 0.2) is 30.3 Å². The van der Waals surface area contributed by atoms with Crippen LogP contribution in [0.25, 0.3) is 0 Å². The Labute approximate surface area is 200 Å². The first-order chi connectivity index (χ1) is 16.7. The summed E-state index contributed by atoms with van der Waals surface area (Å²) in [6, 6.07) is 7.64. The smallest absolute Gasteiger partial charge is 0.341 e. The van der Waals surface area contributed by atoms with Gasteiger partial charge in [0.1, 0.15) is 6.04 Å². The lowest BCUT2D eigenvalue weighted by atomic mass is 10.0. The monoisotopic (exact) mass is 486 g/mol. The molecule has 2 aliphatic heterocycles. The first kappa shape index (κ1) is 25.1. The third kappa shape index (κ3) is 5.54. The molecular weight excluding hydrogens is 460 g/mol. The number of carboxylic acid groups (broad SMARTS) is 1. The van der Waals surface area contributed by atoms with Gasteiger partial charge in [-0.05, 0) is 18.6 Å². The molecule has 0 bridgehead atoms. The molecule has 6 N–H and O–H groups in total. The first-order valence-electron chi connectivity index (χ1n) is 10.5. The summed E-state index contributed by atoms with van der Waals surface area (Å²) in [5.41, 5.74) is 13.8. The quantitative estimate of drug-likeness (QED) is 0.336. The summed E-state index contributed by atoms with van der Waals surface area (Å²) >= 11 is 0. The summed E-state index contributed by atoms with van der Waals surface area (Å²) in [5.74, 6) is -1.09. The van der Waals surface area contributed by atoms with Gasteiger partial charge in [0.25, 0.3) is 5.91 Å². The second kappa shape index (κ2) is 10.6. The summed E-state index contributed by atoms with van der Waals surface area (Å²) in [7, 11) is 2.86. The minimum absolute atomic E-state index is 0.197. The molecule has 0 saturated carbocycles. The average molecular weight is 486 g/mol. The van der Waals surface area contributed by atoms with E-state index in [0.717, 1.165) is 5.56 Å². The van der Waals surface area contributed by atoms with E-state index in [1.165, 1.54) is 31.3 Å². The van der Waals surface area contributed by atoms with Crippen LogP contribution in [0.1, 0.15) is 28.8 Å². The molecule has 1 atom stereocenters. The zero-order valence-electron chi connectivity index (χ0n) is 19.2. The van der Waals surface area contributed by atoms with E-state index >= 15 is 0 Å². The Hall–Kier alpha value is -4.48. The van der Waals surface area contributed by atoms with Crippen molar-refractivity contribution in [1.29, 1.82) is 0 Å². The van der Waals surface area contributed by atoms with Crippen LogP contribution < -0.4 is 31.0 Å². The fraction of sp³-hybridized carbons (Fsp3) is 0.304. The number of benzene rings is 2. The number of carbonyl (C=O) groups is 4. The molecule has 0 spiro atoms. The molecule has 1 saturated heterocycles. The number of nitrogen functional groups attached to an aromatic ring is 2. The number of piperidine rings is 1. The van der Waals surface area contributed by atoms with Gasteiger partial charge in [0.2, 0.25) is 17.6 Å². The van der Waals surface area contributed by atoms with Gasteiger partial charge < -0.3 is 35.7 Å². The number of nitrogens with two attached hydrogens (primary N) is 2. The van der Waals surface area contributed by atoms with Crippen LogP contribution in [0.2, 0.25) is 0 Å². The second-order valence-electron chi connectivity index (χ2n) is 7.71. The second-order valence-corrected chi connectivity index (χ2v) is 7.71. The van der Waals surface area contributed by atoms with Crippen molar-refractivity contribution in [3.63, 3.8) is 0 Å². The number of amides is 3. The number of carboxylic acids is 1. The highest BCUT2D eigenvalue weighted by Crippen LogP contribution is 2.39. The Balaban J connectivity index is 0.000000199. The number of imide groups is 1. The molecule has 12 heteroatoms. The van der Waals surface area contributed by atoms with Crippen molar-refractivity contribution < 1.29 is 38.5 Å². The Kier molecular flexibility index (Phi) is 7.64. The molecule has 35 heavy (non-hydrogen) atoms. The number of anilines is 2. The lowest BCUT2D eigenvalue weighted by molar-refractivity contribution is -0.139. The van der Waals surface area contributed by atoms with Gasteiger partial charge in [-0.25, -0.2) is 4.79 Å². The summed E-state index contributed by atoms with van der Waals surface area (Å²) < 4.78 is 15.1. The maximum Gasteiger partial charge on any atom is 0.341 e. The zero-order chi connectivity index (χ0) is 25.7. The van der Waals surface area contributed by atoms with Crippen LogP contribution in [0.3, 0.4) is 0 Å². The fourth-order valence-corrected chi connectivity index (χ4v) is 3.79. The molecule has 12 nitrogen and oxygen atoms in total. The molecule has 2 aliphatic rings. The molecule has 3 amide bonds. The molecule has 0 radical (unpaired) electrons. The number of nitrogens with one attached hydrogen (secondary N) is 1. The summed E-state index contributed by atoms with van der Waals surface area (Å²) in [6.45, 7) is -0.149. The standard InChI is InChI=1S/C13H13N3O3.C10H13NO5/c14-9-3-1-2-7-8(9)6-16(13(7)19)10-4-5-11(17)15-12(10)18;1-14-7-3-6(11)4-8(15-2)10(7)16-5-9(12)13/h1-3,10H,4-6,14H2,(H,15,17,18);3-4H,5,11H2,1-2H3,(H,12,13). The van der Waals surface area contributed by atoms with Crippen LogP contribution in [0, 0.1) is 0 Å². The highest BCUT2D eigenvalue weighted by molar-refractivity contribution is 6.06. The van der Waals surface area contributed by atoms with Crippen LogP contribution in [0.4, 0.5) is 11.4 Å². The van der Waals surface area contributed by atoms with Crippen LogP contribution in [-0.4, -0.2) is 60.6 Å². The molecule has 0 aromatic heterocycles. The summed E-state index contributed by atoms with van der Waals surface area (Å²) in [5, 5.41) is 10.8. The van der Waals surface area contributed by atoms with Crippen molar-refractivity contribution in [2.45, 2.75) is 25.4 Å². The minimum atomic E-state index is -1.08. The Bertz CT molecular complexity index is 1140. The predicted molar refractivity (Wildman–Crippen MR) is 124 cm³/mol. The minimum Gasteiger partial charge on any atom is -0.493 e. The van der Waals surface area contributed by atoms with Crippen molar-refractivity contribution in [3.05, 3.63) is 41.5 Å². The van der Waals surface area contributed by atoms with E-state index in [2.05, 4.69) is 5.32 Å². The van der Waals surface area contributed by atoms with Gasteiger partial charge in [-0.2, -0.15) is 0 Å². The van der Waals surface area contributed by atoms with Crippen LogP contribution in [-0.2, 0) is 20.9 Å². The lowest BCUT2D eigenvalue weighted by Crippen LogP contribution is -2.52. The van der Waals surface area contributed by atoms with E-state index in [-0.39, 0.29) is 24.0 Å². The SMILES string of the molecule is COc1cc(N)cc(OC)c1OCC(=O)O.Nc1cccc2c1CN(C1CCC(=O)NC1=O)C2=O. The van der Waals surface area contributed by atoms with Crippen LogP contribution in [0.5, 0.6) is 17.2 Å². The van der Waals surface area contributed by atoms with E-state index in [1.807, 2.05) is 0 Å². The van der Waals surface area contributed by atoms with E-state index in [4.69, 9.17) is 30.8 Å². The van der Waals surface area contributed by atoms with Crippen molar-refractivity contribution in [3.8, 4) is 17.2 Å². The number of rotatable bonds is 6. The topological polar surface area (TPSA) is 184 Å². The molecule has 2 aromatic rings. The highest BCUT2D eigenvalue weighted by atomic mass is 16.5. The largest absolute Gasteiger partial charge is 0.493 e. The fourth-order valence-electron chi connectivity index (χ4n) is 3.79. The van der Waals surface area contributed by atoms with E-state index in [0.29, 0.717) is 41.4 Å². The number of aliphatic carboxylic acids is 1. The number of hydrogen-bond donors (Lipinski definition) is 4. The highest BCUT2D eigenvalue weighted by Gasteiger charge is 2.39. The zero-order valence-corrected chi connectivity index (χ0v) is 19.2. The summed E-state index contributed by atoms with van der Waals surface area (Å²) in [4.78, 5) is 47.1. The number of carbonyl (C=O) groups excluding carboxylic acids is 3. The van der Waals surface area contributed by atoms with E-state index < -0.39 is 24.5 Å². The predicted octanol–water partition coefficient (Wildman–Crippen LogP) is 0.779. The number of methoxy groups -OCH3 is 2. The molecule has 2 aromatic carbocycles. The van der Waals surface area contributed by atoms with Gasteiger partial charge in [-0.1, -0.05) is 6.07 Å². The summed E-state index contributed by atoms with van der Waals surface area (Å²) in [6.07, 6.45) is 0.621. The van der Waals surface area contributed by atoms with Crippen molar-refractivity contribution in [1.82, 2.24) is 10.2 Å². The normalized spacial score (nSPS) is 16.6. The maximum atomic E-state index is 12.3. The molecule has 1 unspecified atom stereocenters. The lowest BCUT2D eigenvalue weighted by Gasteiger charge is -2.29. The van der Waals surface area contributed by atoms with Gasteiger partial charge in [0.15, 0.2) is 18.1 Å². The number of fused-ring (bicyclic) bond motifs is 1. The Morgan fingerprint density at radius 2 is 1.80 bits per heavy atom. The molecule has 4 rings (SSSR count). The molecule has 186 valence electrons. The molecule has 1 fully saturated rings. The maximum absolute atomic E-state index is 12.3. The third-order valence-corrected chi connectivity index (χ3v) is 5.44. The average Bonchev–Trinajstić information content (AvgIpc) is 3.15. The molecule has 0 aliphatic carbocycles. The van der Waals surface area contributed by atoms with Crippen molar-refractivity contribution in [2.24, 2.45) is 0 Å². The van der Waals surface area contributed by atoms with E-state index in [1.54, 1.807) is 18.2 Å². The number of ether oxygens (including phenoxy) is 3. The Morgan fingerprint density at radius 3 is 2.34 bits per heavy atom. The van der Waals surface area contributed by atoms with Gasteiger partial charge in [-0.15, -0.1) is 0 Å². The van der Waals surface area contributed by atoms with Gasteiger partial charge in [0, 0.05) is 47.6 Å². The Morgan fingerprint density at radius 1 is 1.14 bits per heavy atom. The third-order valence-electron chi connectivity index (χ3n) is 5.44. The van der Waals surface area contributed by atoms with Crippen molar-refractivity contribution in [2.75, 3.05) is 32.3 Å². The van der Waals surface area contributed by atoms with Gasteiger partial charge >= 0.3 is 5.97 Å². The molecule has 2 heterocycles.